The Morgan fingerprint density at radius 3 is 2.26 bits per heavy atom. The highest BCUT2D eigenvalue weighted by Crippen LogP contribution is 2.43. The lowest BCUT2D eigenvalue weighted by Crippen LogP contribution is -2.29. The number of rotatable bonds is 6. The Morgan fingerprint density at radius 1 is 1.06 bits per heavy atom. The second kappa shape index (κ2) is 9.59. The van der Waals surface area contributed by atoms with E-state index in [0.717, 1.165) is 5.56 Å². The number of anilines is 1. The van der Waals surface area contributed by atoms with Crippen LogP contribution in [-0.4, -0.2) is 45.3 Å². The molecule has 0 aliphatic carbocycles. The molecule has 1 unspecified atom stereocenters. The van der Waals surface area contributed by atoms with E-state index in [9.17, 15) is 14.7 Å². The molecule has 3 aromatic rings. The summed E-state index contributed by atoms with van der Waals surface area (Å²) in [7, 11) is 0. The van der Waals surface area contributed by atoms with Crippen molar-refractivity contribution in [1.82, 2.24) is 10.2 Å². The number of hydrogen-bond acceptors (Lipinski definition) is 8. The summed E-state index contributed by atoms with van der Waals surface area (Å²) in [5.41, 5.74) is 2.05. The average Bonchev–Trinajstić information content (AvgIpc) is 3.37. The number of aromatic nitrogens is 2. The monoisotopic (exact) mass is 493 g/mol. The van der Waals surface area contributed by atoms with E-state index < -0.39 is 17.7 Å². The van der Waals surface area contributed by atoms with Gasteiger partial charge in [-0.1, -0.05) is 56.4 Å². The highest BCUT2D eigenvalue weighted by atomic mass is 32.1. The lowest BCUT2D eigenvalue weighted by atomic mass is 9.85. The molecule has 2 N–H and O–H groups in total. The van der Waals surface area contributed by atoms with E-state index in [0.29, 0.717) is 27.0 Å². The predicted molar refractivity (Wildman–Crippen MR) is 134 cm³/mol. The molecular weight excluding hydrogens is 466 g/mol. The van der Waals surface area contributed by atoms with Gasteiger partial charge in [-0.15, -0.1) is 10.2 Å². The molecule has 0 saturated carbocycles. The van der Waals surface area contributed by atoms with Gasteiger partial charge in [0.15, 0.2) is 0 Å². The van der Waals surface area contributed by atoms with Crippen molar-refractivity contribution in [3.63, 3.8) is 0 Å². The molecule has 2 heterocycles. The predicted octanol–water partition coefficient (Wildman–Crippen LogP) is 4.14. The first kappa shape index (κ1) is 24.6. The molecule has 9 heteroatoms. The van der Waals surface area contributed by atoms with Crippen LogP contribution < -0.4 is 9.64 Å². The highest BCUT2D eigenvalue weighted by molar-refractivity contribution is 7.15. The number of benzene rings is 2. The van der Waals surface area contributed by atoms with Crippen LogP contribution in [0.2, 0.25) is 0 Å². The maximum absolute atomic E-state index is 13.2. The van der Waals surface area contributed by atoms with E-state index >= 15 is 0 Å². The number of aliphatic hydroxyl groups is 2. The minimum absolute atomic E-state index is 0.0182. The van der Waals surface area contributed by atoms with Crippen LogP contribution in [0.5, 0.6) is 5.75 Å². The number of amides is 1. The zero-order valence-electron chi connectivity index (χ0n) is 20.0. The fraction of sp³-hybridized carbons (Fsp3) is 0.308. The smallest absolute Gasteiger partial charge is 0.301 e. The molecule has 0 radical (unpaired) electrons. The molecule has 8 nitrogen and oxygen atoms in total. The number of hydrogen-bond donors (Lipinski definition) is 2. The molecule has 1 aliphatic heterocycles. The summed E-state index contributed by atoms with van der Waals surface area (Å²) in [6.07, 6.45) is 0. The van der Waals surface area contributed by atoms with E-state index in [1.807, 2.05) is 24.3 Å². The molecule has 1 atom stereocenters. The Bertz CT molecular complexity index is 1270. The molecule has 1 aromatic heterocycles. The van der Waals surface area contributed by atoms with Gasteiger partial charge in [-0.3, -0.25) is 14.5 Å². The number of ketones is 1. The number of aliphatic hydroxyl groups excluding tert-OH is 2. The maximum atomic E-state index is 13.2. The summed E-state index contributed by atoms with van der Waals surface area (Å²) >= 11 is 1.21. The topological polar surface area (TPSA) is 113 Å². The number of ether oxygens (including phenoxy) is 1. The lowest BCUT2D eigenvalue weighted by molar-refractivity contribution is -0.132. The number of carbonyl (C=O) groups excluding carboxylic acids is 2. The van der Waals surface area contributed by atoms with E-state index in [4.69, 9.17) is 9.84 Å². The first-order valence-electron chi connectivity index (χ1n) is 11.2. The van der Waals surface area contributed by atoms with Gasteiger partial charge in [0.05, 0.1) is 18.2 Å². The normalized spacial score (nSPS) is 17.7. The lowest BCUT2D eigenvalue weighted by Gasteiger charge is -2.24. The van der Waals surface area contributed by atoms with E-state index in [1.165, 1.54) is 16.2 Å². The van der Waals surface area contributed by atoms with E-state index in [2.05, 4.69) is 31.0 Å². The standard InChI is InChI=1S/C26H27N3O5S/c1-15-27-28-25(35-15)29-21(16-5-9-18(10-6-16)26(2,3)4)20(23(32)24(29)33)22(31)17-7-11-19(12-8-17)34-14-13-30/h5-12,21,30-31H,13-14H2,1-4H3. The van der Waals surface area contributed by atoms with Crippen molar-refractivity contribution < 1.29 is 24.5 Å². The fourth-order valence-corrected chi connectivity index (χ4v) is 4.64. The molecule has 1 saturated heterocycles. The van der Waals surface area contributed by atoms with Crippen LogP contribution in [0.3, 0.4) is 0 Å². The van der Waals surface area contributed by atoms with Crippen LogP contribution in [0.25, 0.3) is 5.76 Å². The number of aryl methyl sites for hydroxylation is 1. The van der Waals surface area contributed by atoms with Crippen molar-refractivity contribution in [2.24, 2.45) is 0 Å². The van der Waals surface area contributed by atoms with E-state index in [-0.39, 0.29) is 30.0 Å². The Kier molecular flexibility index (Phi) is 6.73. The minimum Gasteiger partial charge on any atom is -0.507 e. The van der Waals surface area contributed by atoms with Crippen molar-refractivity contribution in [3.8, 4) is 5.75 Å². The van der Waals surface area contributed by atoms with Gasteiger partial charge in [0.1, 0.15) is 23.1 Å². The number of nitrogens with zero attached hydrogens (tertiary/aromatic N) is 3. The molecule has 1 amide bonds. The molecular formula is C26H27N3O5S. The van der Waals surface area contributed by atoms with Crippen molar-refractivity contribution in [3.05, 3.63) is 75.8 Å². The minimum atomic E-state index is -0.860. The van der Waals surface area contributed by atoms with Gasteiger partial charge in [-0.05, 0) is 47.7 Å². The molecule has 0 spiro atoms. The molecule has 182 valence electrons. The molecule has 1 aliphatic rings. The second-order valence-electron chi connectivity index (χ2n) is 9.24. The molecule has 2 aromatic carbocycles. The maximum Gasteiger partial charge on any atom is 0.301 e. The Hall–Kier alpha value is -3.56. The van der Waals surface area contributed by atoms with Gasteiger partial charge in [-0.2, -0.15) is 0 Å². The van der Waals surface area contributed by atoms with Gasteiger partial charge >= 0.3 is 5.91 Å². The second-order valence-corrected chi connectivity index (χ2v) is 10.4. The molecule has 0 bridgehead atoms. The van der Waals surface area contributed by atoms with Gasteiger partial charge in [0.25, 0.3) is 5.78 Å². The first-order chi connectivity index (χ1) is 16.6. The van der Waals surface area contributed by atoms with E-state index in [1.54, 1.807) is 31.2 Å². The van der Waals surface area contributed by atoms with Crippen molar-refractivity contribution in [1.29, 1.82) is 0 Å². The van der Waals surface area contributed by atoms with Crippen LogP contribution in [-0.2, 0) is 15.0 Å². The fourth-order valence-electron chi connectivity index (χ4n) is 3.92. The molecule has 4 rings (SSSR count). The van der Waals surface area contributed by atoms with Crippen LogP contribution >= 0.6 is 11.3 Å². The summed E-state index contributed by atoms with van der Waals surface area (Å²) in [4.78, 5) is 27.7. The van der Waals surface area contributed by atoms with Crippen LogP contribution in [0.4, 0.5) is 5.13 Å². The quantitative estimate of drug-likeness (QED) is 0.301. The molecule has 1 fully saturated rings. The van der Waals surface area contributed by atoms with Crippen molar-refractivity contribution >= 4 is 33.9 Å². The van der Waals surface area contributed by atoms with Crippen molar-refractivity contribution in [2.45, 2.75) is 39.2 Å². The van der Waals surface area contributed by atoms with Gasteiger partial charge < -0.3 is 14.9 Å². The third kappa shape index (κ3) is 4.82. The highest BCUT2D eigenvalue weighted by Gasteiger charge is 2.48. The van der Waals surface area contributed by atoms with Gasteiger partial charge in [0, 0.05) is 5.56 Å². The van der Waals surface area contributed by atoms with Crippen LogP contribution in [0, 0.1) is 6.92 Å². The number of Topliss-reactive ketones (excluding diaryl/α,β-unsaturated/α-hetero) is 1. The van der Waals surface area contributed by atoms with Gasteiger partial charge in [-0.25, -0.2) is 0 Å². The third-order valence-electron chi connectivity index (χ3n) is 5.75. The summed E-state index contributed by atoms with van der Waals surface area (Å²) < 4.78 is 5.37. The molecule has 35 heavy (non-hydrogen) atoms. The zero-order chi connectivity index (χ0) is 25.3. The summed E-state index contributed by atoms with van der Waals surface area (Å²) in [6, 6.07) is 13.3. The largest absolute Gasteiger partial charge is 0.507 e. The Morgan fingerprint density at radius 2 is 1.71 bits per heavy atom. The summed E-state index contributed by atoms with van der Waals surface area (Å²) in [6.45, 7) is 8.10. The zero-order valence-corrected chi connectivity index (χ0v) is 20.8. The Labute approximate surface area is 207 Å². The Balaban J connectivity index is 1.83. The SMILES string of the molecule is Cc1nnc(N2C(=O)C(=O)C(=C(O)c3ccc(OCCO)cc3)C2c2ccc(C(C)(C)C)cc2)s1. The summed E-state index contributed by atoms with van der Waals surface area (Å²) in [5, 5.41) is 29.2. The number of carbonyl (C=O) groups is 2. The summed E-state index contributed by atoms with van der Waals surface area (Å²) in [5.74, 6) is -1.34. The van der Waals surface area contributed by atoms with Gasteiger partial charge in [0.2, 0.25) is 5.13 Å². The first-order valence-corrected chi connectivity index (χ1v) is 12.0. The van der Waals surface area contributed by atoms with Crippen LogP contribution in [0.1, 0.15) is 48.5 Å². The van der Waals surface area contributed by atoms with Crippen molar-refractivity contribution in [2.75, 3.05) is 18.1 Å². The average molecular weight is 494 g/mol. The van der Waals surface area contributed by atoms with Crippen LogP contribution in [0.15, 0.2) is 54.1 Å². The third-order valence-corrected chi connectivity index (χ3v) is 6.58.